The van der Waals surface area contributed by atoms with Gasteiger partial charge in [0.2, 0.25) is 0 Å². The number of rotatable bonds is 8. The summed E-state index contributed by atoms with van der Waals surface area (Å²) in [5, 5.41) is 10.2. The predicted molar refractivity (Wildman–Crippen MR) is 133 cm³/mol. The average molecular weight is 443 g/mol. The first kappa shape index (κ1) is 21.5. The highest BCUT2D eigenvalue weighted by atomic mass is 16.5. The zero-order valence-electron chi connectivity index (χ0n) is 19.0. The number of hydrogen-bond donors (Lipinski definition) is 1. The van der Waals surface area contributed by atoms with E-state index in [1.807, 2.05) is 18.2 Å². The van der Waals surface area contributed by atoms with Crippen LogP contribution in [0.25, 0.3) is 22.0 Å². The van der Waals surface area contributed by atoms with Crippen molar-refractivity contribution in [3.63, 3.8) is 0 Å². The van der Waals surface area contributed by atoms with Crippen molar-refractivity contribution in [3.8, 4) is 17.0 Å². The first-order chi connectivity index (χ1) is 16.3. The van der Waals surface area contributed by atoms with Gasteiger partial charge in [0.15, 0.2) is 5.76 Å². The predicted octanol–water partition coefficient (Wildman–Crippen LogP) is 4.42. The molecule has 3 aromatic carbocycles. The van der Waals surface area contributed by atoms with E-state index in [-0.39, 0.29) is 0 Å². The van der Waals surface area contributed by atoms with Gasteiger partial charge < -0.3 is 19.5 Å². The van der Waals surface area contributed by atoms with Gasteiger partial charge in [-0.1, -0.05) is 47.6 Å². The number of nitrogens with zero attached hydrogens (tertiary/aromatic N) is 3. The molecule has 0 spiro atoms. The molecule has 0 bridgehead atoms. The zero-order chi connectivity index (χ0) is 22.5. The molecule has 1 aromatic heterocycles. The average Bonchev–Trinajstić information content (AvgIpc) is 3.35. The molecule has 1 N–H and O–H groups in total. The van der Waals surface area contributed by atoms with Gasteiger partial charge in [-0.25, -0.2) is 0 Å². The fourth-order valence-electron chi connectivity index (χ4n) is 4.44. The molecule has 0 amide bonds. The Morgan fingerprint density at radius 2 is 1.73 bits per heavy atom. The lowest BCUT2D eigenvalue weighted by atomic mass is 10.0. The van der Waals surface area contributed by atoms with Gasteiger partial charge in [-0.2, -0.15) is 0 Å². The van der Waals surface area contributed by atoms with Gasteiger partial charge in [0, 0.05) is 56.6 Å². The quantitative estimate of drug-likeness (QED) is 0.408. The summed E-state index contributed by atoms with van der Waals surface area (Å²) in [5.74, 6) is 1.77. The maximum atomic E-state index is 5.60. The maximum absolute atomic E-state index is 5.60. The molecule has 6 nitrogen and oxygen atoms in total. The molecule has 1 aliphatic heterocycles. The molecule has 1 fully saturated rings. The van der Waals surface area contributed by atoms with E-state index in [1.54, 1.807) is 7.11 Å². The molecule has 5 rings (SSSR count). The summed E-state index contributed by atoms with van der Waals surface area (Å²) in [6.45, 7) is 6.87. The summed E-state index contributed by atoms with van der Waals surface area (Å²) >= 11 is 0. The molecule has 0 aliphatic carbocycles. The van der Waals surface area contributed by atoms with Crippen LogP contribution in [0.1, 0.15) is 5.76 Å². The molecule has 0 unspecified atom stereocenters. The minimum Gasteiger partial charge on any atom is -0.497 e. The SMILES string of the molecule is COc1ccc(N2CCN(CCNCc3cc(-c4cccc5ccccc45)no3)CC2)cc1. The standard InChI is InChI=1S/C27H30N4O2/c1-32-23-11-9-22(10-12-23)31-17-15-30(16-18-31)14-13-28-20-24-19-27(29-33-24)26-8-4-6-21-5-2-3-7-25(21)26/h2-12,19,28H,13-18,20H2,1H3. The topological polar surface area (TPSA) is 53.8 Å². The molecule has 6 heteroatoms. The van der Waals surface area contributed by atoms with E-state index in [9.17, 15) is 0 Å². The normalized spacial score (nSPS) is 14.6. The summed E-state index contributed by atoms with van der Waals surface area (Å²) in [4.78, 5) is 4.95. The van der Waals surface area contributed by atoms with Crippen LogP contribution in [0.5, 0.6) is 5.75 Å². The Balaban J connectivity index is 1.08. The number of ether oxygens (including phenoxy) is 1. The number of piperazine rings is 1. The van der Waals surface area contributed by atoms with Gasteiger partial charge in [-0.05, 0) is 35.0 Å². The Kier molecular flexibility index (Phi) is 6.56. The molecular formula is C27H30N4O2. The second kappa shape index (κ2) is 10.1. The Morgan fingerprint density at radius 1 is 0.939 bits per heavy atom. The molecule has 0 saturated carbocycles. The Labute approximate surface area is 194 Å². The Hall–Kier alpha value is -3.35. The molecule has 1 saturated heterocycles. The lowest BCUT2D eigenvalue weighted by Gasteiger charge is -2.36. The van der Waals surface area contributed by atoms with Gasteiger partial charge in [-0.3, -0.25) is 4.90 Å². The molecule has 0 atom stereocenters. The van der Waals surface area contributed by atoms with Crippen molar-refractivity contribution in [1.29, 1.82) is 0 Å². The summed E-state index contributed by atoms with van der Waals surface area (Å²) < 4.78 is 10.9. The number of benzene rings is 3. The summed E-state index contributed by atoms with van der Waals surface area (Å²) in [6.07, 6.45) is 0. The number of methoxy groups -OCH3 is 1. The van der Waals surface area contributed by atoms with Crippen LogP contribution in [0, 0.1) is 0 Å². The highest BCUT2D eigenvalue weighted by molar-refractivity contribution is 5.95. The van der Waals surface area contributed by atoms with Crippen molar-refractivity contribution in [2.45, 2.75) is 6.54 Å². The second-order valence-electron chi connectivity index (χ2n) is 8.41. The van der Waals surface area contributed by atoms with Crippen LogP contribution < -0.4 is 15.0 Å². The van der Waals surface area contributed by atoms with Gasteiger partial charge in [0.1, 0.15) is 11.4 Å². The van der Waals surface area contributed by atoms with Crippen molar-refractivity contribution in [3.05, 3.63) is 78.6 Å². The van der Waals surface area contributed by atoms with E-state index in [4.69, 9.17) is 9.26 Å². The van der Waals surface area contributed by atoms with Crippen LogP contribution in [0.3, 0.4) is 0 Å². The number of fused-ring (bicyclic) bond motifs is 1. The largest absolute Gasteiger partial charge is 0.497 e. The van der Waals surface area contributed by atoms with Crippen molar-refractivity contribution in [1.82, 2.24) is 15.4 Å². The third-order valence-corrected chi connectivity index (χ3v) is 6.34. The van der Waals surface area contributed by atoms with Crippen molar-refractivity contribution in [2.24, 2.45) is 0 Å². The molecule has 0 radical (unpaired) electrons. The van der Waals surface area contributed by atoms with Gasteiger partial charge in [-0.15, -0.1) is 0 Å². The lowest BCUT2D eigenvalue weighted by Crippen LogP contribution is -2.48. The highest BCUT2D eigenvalue weighted by Gasteiger charge is 2.17. The summed E-state index contributed by atoms with van der Waals surface area (Å²) in [5.41, 5.74) is 3.26. The van der Waals surface area contributed by atoms with E-state index in [1.165, 1.54) is 16.5 Å². The van der Waals surface area contributed by atoms with Crippen molar-refractivity contribution >= 4 is 16.5 Å². The van der Waals surface area contributed by atoms with E-state index < -0.39 is 0 Å². The van der Waals surface area contributed by atoms with Crippen LogP contribution in [0.4, 0.5) is 5.69 Å². The number of anilines is 1. The molecule has 1 aliphatic rings. The zero-order valence-corrected chi connectivity index (χ0v) is 19.0. The van der Waals surface area contributed by atoms with Crippen molar-refractivity contribution < 1.29 is 9.26 Å². The van der Waals surface area contributed by atoms with Crippen LogP contribution in [-0.4, -0.2) is 56.4 Å². The number of nitrogens with one attached hydrogen (secondary N) is 1. The van der Waals surface area contributed by atoms with E-state index >= 15 is 0 Å². The fraction of sp³-hybridized carbons (Fsp3) is 0.296. The Bertz CT molecular complexity index is 1170. The van der Waals surface area contributed by atoms with E-state index in [2.05, 4.69) is 74.9 Å². The molecule has 2 heterocycles. The third-order valence-electron chi connectivity index (χ3n) is 6.34. The lowest BCUT2D eigenvalue weighted by molar-refractivity contribution is 0.255. The molecule has 4 aromatic rings. The van der Waals surface area contributed by atoms with Gasteiger partial charge in [0.25, 0.3) is 0 Å². The van der Waals surface area contributed by atoms with Gasteiger partial charge in [0.05, 0.1) is 13.7 Å². The minimum absolute atomic E-state index is 0.684. The smallest absolute Gasteiger partial charge is 0.151 e. The fourth-order valence-corrected chi connectivity index (χ4v) is 4.44. The van der Waals surface area contributed by atoms with Crippen LogP contribution in [0.15, 0.2) is 77.3 Å². The first-order valence-electron chi connectivity index (χ1n) is 11.6. The molecule has 33 heavy (non-hydrogen) atoms. The Morgan fingerprint density at radius 3 is 2.55 bits per heavy atom. The highest BCUT2D eigenvalue weighted by Crippen LogP contribution is 2.28. The van der Waals surface area contributed by atoms with E-state index in [0.717, 1.165) is 62.0 Å². The summed E-state index contributed by atoms with van der Waals surface area (Å²) in [7, 11) is 1.70. The first-order valence-corrected chi connectivity index (χ1v) is 11.6. The molecule has 170 valence electrons. The molecular weight excluding hydrogens is 412 g/mol. The maximum Gasteiger partial charge on any atom is 0.151 e. The van der Waals surface area contributed by atoms with Gasteiger partial charge >= 0.3 is 0 Å². The number of hydrogen-bond acceptors (Lipinski definition) is 6. The monoisotopic (exact) mass is 442 g/mol. The number of aromatic nitrogens is 1. The second-order valence-corrected chi connectivity index (χ2v) is 8.41. The minimum atomic E-state index is 0.684. The van der Waals surface area contributed by atoms with Crippen LogP contribution >= 0.6 is 0 Å². The van der Waals surface area contributed by atoms with Crippen LogP contribution in [-0.2, 0) is 6.54 Å². The van der Waals surface area contributed by atoms with Crippen LogP contribution in [0.2, 0.25) is 0 Å². The third kappa shape index (κ3) is 5.02. The summed E-state index contributed by atoms with van der Waals surface area (Å²) in [6, 6.07) is 25.0. The van der Waals surface area contributed by atoms with Crippen molar-refractivity contribution in [2.75, 3.05) is 51.3 Å². The van der Waals surface area contributed by atoms with E-state index in [0.29, 0.717) is 6.54 Å².